The van der Waals surface area contributed by atoms with Gasteiger partial charge in [0.15, 0.2) is 0 Å². The van der Waals surface area contributed by atoms with Gasteiger partial charge in [-0.25, -0.2) is 9.78 Å². The predicted molar refractivity (Wildman–Crippen MR) is 66.5 cm³/mol. The minimum Gasteiger partial charge on any atom is -0.478 e. The first-order chi connectivity index (χ1) is 8.20. The van der Waals surface area contributed by atoms with E-state index in [4.69, 9.17) is 5.11 Å². The Morgan fingerprint density at radius 2 is 2.29 bits per heavy atom. The number of aromatic carboxylic acids is 1. The average molecular weight is 232 g/mol. The molecule has 1 N–H and O–H groups in total. The van der Waals surface area contributed by atoms with Gasteiger partial charge in [-0.3, -0.25) is 0 Å². The summed E-state index contributed by atoms with van der Waals surface area (Å²) in [5.74, 6) is -0.123. The number of aromatic nitrogens is 1. The van der Waals surface area contributed by atoms with Crippen molar-refractivity contribution in [3.8, 4) is 0 Å². The van der Waals surface area contributed by atoms with Crippen molar-refractivity contribution >= 4 is 11.8 Å². The van der Waals surface area contributed by atoms with Gasteiger partial charge >= 0.3 is 5.97 Å². The van der Waals surface area contributed by atoms with Crippen molar-refractivity contribution in [2.45, 2.75) is 19.8 Å². The second-order valence-corrected chi connectivity index (χ2v) is 4.07. The second-order valence-electron chi connectivity index (χ2n) is 4.07. The van der Waals surface area contributed by atoms with E-state index in [0.29, 0.717) is 5.56 Å². The van der Waals surface area contributed by atoms with Crippen LogP contribution in [-0.2, 0) is 6.42 Å². The molecule has 1 aromatic heterocycles. The fraction of sp³-hybridized carbons (Fsp3) is 0.385. The molecule has 2 heterocycles. The first kappa shape index (κ1) is 11.6. The third kappa shape index (κ3) is 2.64. The molecule has 0 spiro atoms. The van der Waals surface area contributed by atoms with Gasteiger partial charge in [0.05, 0.1) is 5.56 Å². The molecule has 0 saturated heterocycles. The maximum atomic E-state index is 11.0. The van der Waals surface area contributed by atoms with Gasteiger partial charge in [0.25, 0.3) is 0 Å². The lowest BCUT2D eigenvalue weighted by Gasteiger charge is -2.25. The zero-order chi connectivity index (χ0) is 12.3. The maximum Gasteiger partial charge on any atom is 0.335 e. The van der Waals surface area contributed by atoms with Crippen LogP contribution in [0.2, 0.25) is 0 Å². The van der Waals surface area contributed by atoms with E-state index >= 15 is 0 Å². The fourth-order valence-corrected chi connectivity index (χ4v) is 1.89. The Bertz CT molecular complexity index is 455. The SMILES string of the molecule is CCc1cc(C(=O)O)cc(N2CC=CCC2)n1. The number of pyridine rings is 1. The number of carboxylic acids is 1. The summed E-state index contributed by atoms with van der Waals surface area (Å²) in [7, 11) is 0. The molecular formula is C13H16N2O2. The largest absolute Gasteiger partial charge is 0.478 e. The smallest absolute Gasteiger partial charge is 0.335 e. The van der Waals surface area contributed by atoms with E-state index in [1.165, 1.54) is 0 Å². The van der Waals surface area contributed by atoms with Crippen LogP contribution >= 0.6 is 0 Å². The fourth-order valence-electron chi connectivity index (χ4n) is 1.89. The highest BCUT2D eigenvalue weighted by atomic mass is 16.4. The number of hydrogen-bond donors (Lipinski definition) is 1. The highest BCUT2D eigenvalue weighted by Crippen LogP contribution is 2.18. The average Bonchev–Trinajstić information content (AvgIpc) is 2.39. The molecule has 0 radical (unpaired) electrons. The van der Waals surface area contributed by atoms with Gasteiger partial charge < -0.3 is 10.0 Å². The molecule has 0 atom stereocenters. The Labute approximate surface area is 101 Å². The number of anilines is 1. The molecule has 2 rings (SSSR count). The Balaban J connectivity index is 2.35. The molecule has 0 aromatic carbocycles. The van der Waals surface area contributed by atoms with Crippen LogP contribution in [0, 0.1) is 0 Å². The Kier molecular flexibility index (Phi) is 3.42. The summed E-state index contributed by atoms with van der Waals surface area (Å²) in [5, 5.41) is 9.07. The van der Waals surface area contributed by atoms with Crippen LogP contribution in [0.25, 0.3) is 0 Å². The number of hydrogen-bond acceptors (Lipinski definition) is 3. The zero-order valence-corrected chi connectivity index (χ0v) is 9.89. The number of aryl methyl sites for hydroxylation is 1. The first-order valence-corrected chi connectivity index (χ1v) is 5.85. The molecule has 4 heteroatoms. The van der Waals surface area contributed by atoms with Crippen molar-refractivity contribution in [3.05, 3.63) is 35.5 Å². The van der Waals surface area contributed by atoms with Crippen molar-refractivity contribution < 1.29 is 9.90 Å². The molecule has 0 unspecified atom stereocenters. The Hall–Kier alpha value is -1.84. The van der Waals surface area contributed by atoms with Crippen LogP contribution in [0.5, 0.6) is 0 Å². The third-order valence-corrected chi connectivity index (χ3v) is 2.86. The number of rotatable bonds is 3. The van der Waals surface area contributed by atoms with Crippen LogP contribution in [0.4, 0.5) is 5.82 Å². The minimum absolute atomic E-state index is 0.321. The van der Waals surface area contributed by atoms with Gasteiger partial charge in [0.1, 0.15) is 5.82 Å². The zero-order valence-electron chi connectivity index (χ0n) is 9.89. The summed E-state index contributed by atoms with van der Waals surface area (Å²) in [5.41, 5.74) is 1.15. The van der Waals surface area contributed by atoms with Gasteiger partial charge in [-0.05, 0) is 25.0 Å². The van der Waals surface area contributed by atoms with Gasteiger partial charge in [-0.2, -0.15) is 0 Å². The van der Waals surface area contributed by atoms with E-state index in [1.807, 2.05) is 6.92 Å². The molecule has 1 aromatic rings. The summed E-state index contributed by atoms with van der Waals surface area (Å²) in [6.45, 7) is 3.68. The number of carboxylic acid groups (broad SMARTS) is 1. The molecule has 17 heavy (non-hydrogen) atoms. The van der Waals surface area contributed by atoms with Crippen molar-refractivity contribution in [3.63, 3.8) is 0 Å². The summed E-state index contributed by atoms with van der Waals surface area (Å²) in [6.07, 6.45) is 5.96. The van der Waals surface area contributed by atoms with E-state index in [0.717, 1.165) is 37.4 Å². The first-order valence-electron chi connectivity index (χ1n) is 5.85. The van der Waals surface area contributed by atoms with Crippen molar-refractivity contribution in [1.29, 1.82) is 0 Å². The van der Waals surface area contributed by atoms with E-state index in [1.54, 1.807) is 12.1 Å². The quantitative estimate of drug-likeness (QED) is 0.811. The predicted octanol–water partition coefficient (Wildman–Crippen LogP) is 2.11. The lowest BCUT2D eigenvalue weighted by atomic mass is 10.1. The highest BCUT2D eigenvalue weighted by Gasteiger charge is 2.13. The minimum atomic E-state index is -0.893. The second kappa shape index (κ2) is 4.99. The van der Waals surface area contributed by atoms with Crippen molar-refractivity contribution in [2.24, 2.45) is 0 Å². The van der Waals surface area contributed by atoms with Crippen LogP contribution in [0.3, 0.4) is 0 Å². The van der Waals surface area contributed by atoms with Gasteiger partial charge in [0.2, 0.25) is 0 Å². The summed E-state index contributed by atoms with van der Waals surface area (Å²) in [6, 6.07) is 3.30. The molecule has 0 aliphatic carbocycles. The molecule has 4 nitrogen and oxygen atoms in total. The Morgan fingerprint density at radius 1 is 1.47 bits per heavy atom. The number of nitrogens with zero attached hydrogens (tertiary/aromatic N) is 2. The molecule has 90 valence electrons. The summed E-state index contributed by atoms with van der Waals surface area (Å²) >= 11 is 0. The molecule has 0 saturated carbocycles. The lowest BCUT2D eigenvalue weighted by Crippen LogP contribution is -2.28. The lowest BCUT2D eigenvalue weighted by molar-refractivity contribution is 0.0696. The van der Waals surface area contributed by atoms with Crippen LogP contribution in [0.1, 0.15) is 29.4 Å². The topological polar surface area (TPSA) is 53.4 Å². The van der Waals surface area contributed by atoms with Crippen molar-refractivity contribution in [1.82, 2.24) is 4.98 Å². The molecular weight excluding hydrogens is 216 g/mol. The van der Waals surface area contributed by atoms with E-state index < -0.39 is 5.97 Å². The van der Waals surface area contributed by atoms with E-state index in [-0.39, 0.29) is 0 Å². The molecule has 1 aliphatic rings. The summed E-state index contributed by atoms with van der Waals surface area (Å²) < 4.78 is 0. The van der Waals surface area contributed by atoms with Crippen LogP contribution in [-0.4, -0.2) is 29.1 Å². The number of carbonyl (C=O) groups is 1. The van der Waals surface area contributed by atoms with Crippen LogP contribution in [0.15, 0.2) is 24.3 Å². The van der Waals surface area contributed by atoms with Gasteiger partial charge in [-0.1, -0.05) is 19.1 Å². The van der Waals surface area contributed by atoms with Gasteiger partial charge in [0, 0.05) is 18.8 Å². The summed E-state index contributed by atoms with van der Waals surface area (Å²) in [4.78, 5) is 17.6. The standard InChI is InChI=1S/C13H16N2O2/c1-2-11-8-10(13(16)17)9-12(14-11)15-6-4-3-5-7-15/h3-4,8-9H,2,5-7H2,1H3,(H,16,17). The normalized spacial score (nSPS) is 15.0. The van der Waals surface area contributed by atoms with E-state index in [2.05, 4.69) is 22.0 Å². The highest BCUT2D eigenvalue weighted by molar-refractivity contribution is 5.88. The monoisotopic (exact) mass is 232 g/mol. The van der Waals surface area contributed by atoms with Crippen molar-refractivity contribution in [2.75, 3.05) is 18.0 Å². The Morgan fingerprint density at radius 3 is 2.88 bits per heavy atom. The molecule has 0 bridgehead atoms. The van der Waals surface area contributed by atoms with E-state index in [9.17, 15) is 4.79 Å². The third-order valence-electron chi connectivity index (χ3n) is 2.86. The molecule has 1 aliphatic heterocycles. The molecule has 0 amide bonds. The maximum absolute atomic E-state index is 11.0. The van der Waals surface area contributed by atoms with Gasteiger partial charge in [-0.15, -0.1) is 0 Å². The molecule has 0 fully saturated rings. The van der Waals surface area contributed by atoms with Crippen LogP contribution < -0.4 is 4.90 Å².